The van der Waals surface area contributed by atoms with Crippen LogP contribution in [-0.4, -0.2) is 12.9 Å². The third kappa shape index (κ3) is 11.8. The molecule has 7 nitrogen and oxygen atoms in total. The zero-order chi connectivity index (χ0) is 36.3. The maximum absolute atomic E-state index is 14.2. The van der Waals surface area contributed by atoms with Gasteiger partial charge < -0.3 is 22.6 Å². The number of hydrogen-bond donors (Lipinski definition) is 0. The van der Waals surface area contributed by atoms with Gasteiger partial charge in [0.15, 0.2) is 0 Å². The first kappa shape index (κ1) is 38.9. The van der Waals surface area contributed by atoms with E-state index in [0.29, 0.717) is 46.3 Å². The van der Waals surface area contributed by atoms with Crippen LogP contribution < -0.4 is 22.6 Å². The summed E-state index contributed by atoms with van der Waals surface area (Å²) in [4.78, 5) is 14.2. The molecule has 0 aromatic heterocycles. The Kier molecular flexibility index (Phi) is 16.3. The summed E-state index contributed by atoms with van der Waals surface area (Å²) >= 11 is 0. The van der Waals surface area contributed by atoms with E-state index in [4.69, 9.17) is 27.1 Å². The Balaban J connectivity index is 0.000000580. The minimum atomic E-state index is -1.96. The van der Waals surface area contributed by atoms with Crippen LogP contribution in [0.4, 0.5) is 0 Å². The summed E-state index contributed by atoms with van der Waals surface area (Å²) in [6, 6.07) is 38.9. The molecule has 9 heteroatoms. The molecule has 264 valence electrons. The monoisotopic (exact) mass is 722 g/mol. The van der Waals surface area contributed by atoms with Gasteiger partial charge in [0.05, 0.1) is 11.1 Å². The summed E-state index contributed by atoms with van der Waals surface area (Å²) in [5, 5.41) is 0. The lowest BCUT2D eigenvalue weighted by Crippen LogP contribution is -2.18. The summed E-state index contributed by atoms with van der Waals surface area (Å²) in [6.07, 6.45) is 8.98. The van der Waals surface area contributed by atoms with Crippen molar-refractivity contribution in [2.24, 2.45) is 0 Å². The van der Waals surface area contributed by atoms with E-state index in [1.54, 1.807) is 18.2 Å². The molecule has 0 heterocycles. The van der Waals surface area contributed by atoms with Crippen LogP contribution in [0.5, 0.6) is 28.7 Å². The first-order valence-corrected chi connectivity index (χ1v) is 18.9. The second-order valence-corrected chi connectivity index (χ2v) is 13.0. The molecule has 0 fully saturated rings. The van der Waals surface area contributed by atoms with Gasteiger partial charge in [-0.3, -0.25) is 9.32 Å². The number of carbonyl (C=O) groups excluding carboxylic acids is 1. The Hall–Kier alpha value is -4.93. The second kappa shape index (κ2) is 21.3. The Morgan fingerprint density at radius 2 is 0.941 bits per heavy atom. The van der Waals surface area contributed by atoms with Crippen LogP contribution in [0.3, 0.4) is 0 Å². The molecule has 0 bridgehead atoms. The van der Waals surface area contributed by atoms with Crippen molar-refractivity contribution in [3.63, 3.8) is 0 Å². The lowest BCUT2D eigenvalue weighted by molar-refractivity contribution is 0.103. The molecule has 51 heavy (non-hydrogen) atoms. The summed E-state index contributed by atoms with van der Waals surface area (Å²) < 4.78 is 36.1. The molecule has 1 atom stereocenters. The number of allylic oxidation sites excluding steroid dienone is 3. The summed E-state index contributed by atoms with van der Waals surface area (Å²) in [6.45, 7) is 9.54. The minimum Gasteiger partial charge on any atom is -0.418 e. The molecule has 0 saturated carbocycles. The molecule has 1 unspecified atom stereocenters. The molecular weight excluding hydrogens is 678 g/mol. The summed E-state index contributed by atoms with van der Waals surface area (Å²) in [7, 11) is -2.27. The average molecular weight is 723 g/mol. The SMILES string of the molecule is C=CC.CC/C=C\CC.COP(Oc1ccccc1)Oc1cccc2c1C(=O)c1c(cccc1OP(Oc1ccccc1)Oc1ccccc1)C2. The molecule has 0 spiro atoms. The van der Waals surface area contributed by atoms with Gasteiger partial charge in [-0.1, -0.05) is 111 Å². The Bertz CT molecular complexity index is 1770. The number of carbonyl (C=O) groups is 1. The molecule has 6 rings (SSSR count). The van der Waals surface area contributed by atoms with E-state index in [2.05, 4.69) is 32.6 Å². The normalized spacial score (nSPS) is 11.8. The molecule has 1 aliphatic rings. The van der Waals surface area contributed by atoms with Crippen molar-refractivity contribution in [2.75, 3.05) is 7.11 Å². The van der Waals surface area contributed by atoms with Gasteiger partial charge in [-0.25, -0.2) is 0 Å². The van der Waals surface area contributed by atoms with E-state index in [-0.39, 0.29) is 5.78 Å². The van der Waals surface area contributed by atoms with Crippen LogP contribution in [0.15, 0.2) is 152 Å². The van der Waals surface area contributed by atoms with Gasteiger partial charge in [0.1, 0.15) is 28.7 Å². The zero-order valence-electron chi connectivity index (χ0n) is 29.4. The highest BCUT2D eigenvalue weighted by molar-refractivity contribution is 7.43. The zero-order valence-corrected chi connectivity index (χ0v) is 31.2. The number of benzene rings is 5. The molecule has 0 radical (unpaired) electrons. The van der Waals surface area contributed by atoms with Crippen molar-refractivity contribution in [1.82, 2.24) is 0 Å². The van der Waals surface area contributed by atoms with E-state index in [0.717, 1.165) is 11.1 Å². The topological polar surface area (TPSA) is 72.5 Å². The van der Waals surface area contributed by atoms with E-state index in [1.807, 2.05) is 122 Å². The van der Waals surface area contributed by atoms with E-state index >= 15 is 0 Å². The highest BCUT2D eigenvalue weighted by atomic mass is 31.2. The Labute approximate surface area is 304 Å². The maximum atomic E-state index is 14.2. The number of para-hydroxylation sites is 3. The molecule has 5 aromatic rings. The fraction of sp³-hybridized carbons (Fsp3) is 0.167. The second-order valence-electron chi connectivity index (χ2n) is 10.8. The first-order chi connectivity index (χ1) is 25.0. The van der Waals surface area contributed by atoms with Crippen LogP contribution in [0, 0.1) is 0 Å². The molecule has 0 N–H and O–H groups in total. The molecular formula is C42H44O7P2. The molecule has 1 aliphatic carbocycles. The maximum Gasteiger partial charge on any atom is 0.530 e. The number of rotatable bonds is 13. The predicted octanol–water partition coefficient (Wildman–Crippen LogP) is 12.5. The van der Waals surface area contributed by atoms with E-state index in [1.165, 1.54) is 20.0 Å². The highest BCUT2D eigenvalue weighted by Gasteiger charge is 2.33. The Morgan fingerprint density at radius 1 is 0.569 bits per heavy atom. The standard InChI is InChI=1S/C33H26O7P2.C6H12.C3H6/c1-35-41(36-26-15-5-2-6-16-26)39-29-21-11-13-24-23-25-14-12-22-30(32(25)33(34)31(24)29)40-42(37-27-17-7-3-8-18-27)38-28-19-9-4-10-20-28;1-3-5-6-4-2;1-3-2/h2-22H,23H2,1H3;5-6H,3-4H2,1-2H3;3H,1H2,2H3/b;6-5-;. The number of fused-ring (bicyclic) bond motifs is 2. The highest BCUT2D eigenvalue weighted by Crippen LogP contribution is 2.47. The quantitative estimate of drug-likeness (QED) is 0.0868. The molecule has 5 aromatic carbocycles. The van der Waals surface area contributed by atoms with E-state index < -0.39 is 17.2 Å². The fourth-order valence-electron chi connectivity index (χ4n) is 4.79. The van der Waals surface area contributed by atoms with Crippen molar-refractivity contribution in [2.45, 2.75) is 40.0 Å². The first-order valence-electron chi connectivity index (χ1n) is 16.7. The third-order valence-corrected chi connectivity index (χ3v) is 9.03. The van der Waals surface area contributed by atoms with Crippen LogP contribution in [0.25, 0.3) is 0 Å². The van der Waals surface area contributed by atoms with Gasteiger partial charge in [-0.05, 0) is 85.8 Å². The summed E-state index contributed by atoms with van der Waals surface area (Å²) in [5.74, 6) is 2.30. The van der Waals surface area contributed by atoms with Crippen molar-refractivity contribution in [3.05, 3.63) is 174 Å². The lowest BCUT2D eigenvalue weighted by atomic mass is 9.84. The smallest absolute Gasteiger partial charge is 0.418 e. The fourth-order valence-corrected chi connectivity index (χ4v) is 6.60. The van der Waals surface area contributed by atoms with Gasteiger partial charge >= 0.3 is 17.2 Å². The van der Waals surface area contributed by atoms with Crippen molar-refractivity contribution in [3.8, 4) is 28.7 Å². The van der Waals surface area contributed by atoms with Crippen LogP contribution in [0.2, 0.25) is 0 Å². The Morgan fingerprint density at radius 3 is 1.31 bits per heavy atom. The van der Waals surface area contributed by atoms with Crippen molar-refractivity contribution < 1.29 is 31.9 Å². The van der Waals surface area contributed by atoms with Crippen LogP contribution >= 0.6 is 17.2 Å². The van der Waals surface area contributed by atoms with Crippen LogP contribution in [0.1, 0.15) is 60.7 Å². The number of hydrogen-bond acceptors (Lipinski definition) is 7. The molecule has 0 aliphatic heterocycles. The van der Waals surface area contributed by atoms with Gasteiger partial charge in [0.2, 0.25) is 5.78 Å². The largest absolute Gasteiger partial charge is 0.530 e. The van der Waals surface area contributed by atoms with Gasteiger partial charge in [0.25, 0.3) is 0 Å². The van der Waals surface area contributed by atoms with Crippen molar-refractivity contribution in [1.29, 1.82) is 0 Å². The van der Waals surface area contributed by atoms with Crippen LogP contribution in [-0.2, 0) is 10.9 Å². The van der Waals surface area contributed by atoms with E-state index in [9.17, 15) is 4.79 Å². The van der Waals surface area contributed by atoms with Crippen molar-refractivity contribution >= 4 is 23.0 Å². The lowest BCUT2D eigenvalue weighted by Gasteiger charge is -2.25. The van der Waals surface area contributed by atoms with Gasteiger partial charge in [-0.15, -0.1) is 6.58 Å². The molecule has 0 amide bonds. The molecule has 0 saturated heterocycles. The average Bonchev–Trinajstić information content (AvgIpc) is 3.15. The van der Waals surface area contributed by atoms with Gasteiger partial charge in [0, 0.05) is 7.11 Å². The summed E-state index contributed by atoms with van der Waals surface area (Å²) in [5.41, 5.74) is 2.56. The number of ketones is 1. The third-order valence-electron chi connectivity index (χ3n) is 6.96. The van der Waals surface area contributed by atoms with Gasteiger partial charge in [-0.2, -0.15) is 0 Å². The minimum absolute atomic E-state index is 0.224. The predicted molar refractivity (Wildman–Crippen MR) is 208 cm³/mol.